The normalized spacial score (nSPS) is 25.6. The average Bonchev–Trinajstić information content (AvgIpc) is 3.73. The fraction of sp³-hybridized carbons (Fsp3) is 0.588. The molecule has 2 unspecified atom stereocenters. The molecule has 8 nitrogen and oxygen atoms in total. The molecule has 4 aliphatic heterocycles. The number of anilines is 1. The predicted octanol–water partition coefficient (Wildman–Crippen LogP) is 4.63. The van der Waals surface area contributed by atoms with Gasteiger partial charge in [0.1, 0.15) is 5.75 Å². The van der Waals surface area contributed by atoms with Crippen LogP contribution < -0.4 is 15.4 Å². The zero-order valence-electron chi connectivity index (χ0n) is 25.8. The number of nitrogens with two attached hydrogens (primary N) is 1. The molecule has 6 rings (SSSR count). The van der Waals surface area contributed by atoms with Crippen molar-refractivity contribution < 1.29 is 32.2 Å². The molecule has 2 amide bonds. The number of hydrogen-bond acceptors (Lipinski definition) is 6. The number of likely N-dealkylation sites (tertiary alicyclic amines) is 2. The summed E-state index contributed by atoms with van der Waals surface area (Å²) in [5, 5.41) is 0. The minimum absolute atomic E-state index is 0.0403. The lowest BCUT2D eigenvalue weighted by Gasteiger charge is -2.35. The van der Waals surface area contributed by atoms with Crippen LogP contribution in [0.4, 0.5) is 18.9 Å². The number of carbonyl (C=O) groups is 2. The van der Waals surface area contributed by atoms with Crippen LogP contribution in [0.5, 0.6) is 5.75 Å². The molecule has 0 saturated carbocycles. The first-order chi connectivity index (χ1) is 21.6. The maximum atomic E-state index is 14.3. The molecule has 0 aromatic heterocycles. The maximum absolute atomic E-state index is 14.3. The standard InChI is InChI=1S/C34H43F3N4O4/c1-44-27-5-2-22(3-6-27)29-20-41(26-11-16-45-17-12-26)21-30(29)33(43)40-15-10-24(19-40)28-7-4-25(34(35,36)37)18-31(28)39-13-8-23(9-14-39)32(38)42/h2-7,18,23-24,26,29-30H,8-17,19-21H2,1H3,(H2,38,42)/t24?,29-,30?/m0/s1. The Bertz CT molecular complexity index is 1360. The highest BCUT2D eigenvalue weighted by Crippen LogP contribution is 2.42. The number of ether oxygens (including phenoxy) is 2. The molecule has 4 fully saturated rings. The molecule has 244 valence electrons. The SMILES string of the molecule is COc1ccc([C@@H]2CN(C3CCOCC3)CC2C(=O)N2CCC(c3ccc(C(F)(F)F)cc3N3CCC(C(N)=O)CC3)C2)cc1. The number of methoxy groups -OCH3 is 1. The van der Waals surface area contributed by atoms with Gasteiger partial charge in [0.15, 0.2) is 0 Å². The van der Waals surface area contributed by atoms with Crippen LogP contribution in [-0.2, 0) is 20.5 Å². The molecule has 4 aliphatic rings. The van der Waals surface area contributed by atoms with Crippen molar-refractivity contribution in [2.45, 2.75) is 56.2 Å². The van der Waals surface area contributed by atoms with Crippen molar-refractivity contribution in [1.82, 2.24) is 9.80 Å². The first-order valence-corrected chi connectivity index (χ1v) is 16.1. The van der Waals surface area contributed by atoms with Gasteiger partial charge in [-0.3, -0.25) is 14.5 Å². The summed E-state index contributed by atoms with van der Waals surface area (Å²) in [7, 11) is 1.64. The minimum Gasteiger partial charge on any atom is -0.497 e. The molecular formula is C34H43F3N4O4. The first kappa shape index (κ1) is 31.7. The summed E-state index contributed by atoms with van der Waals surface area (Å²) in [6.45, 7) is 4.91. The number of primary amides is 1. The molecule has 45 heavy (non-hydrogen) atoms. The Morgan fingerprint density at radius 3 is 2.27 bits per heavy atom. The predicted molar refractivity (Wildman–Crippen MR) is 164 cm³/mol. The van der Waals surface area contributed by atoms with Crippen molar-refractivity contribution in [2.75, 3.05) is 64.5 Å². The Balaban J connectivity index is 1.22. The Kier molecular flexibility index (Phi) is 9.29. The van der Waals surface area contributed by atoms with Crippen LogP contribution in [0, 0.1) is 11.8 Å². The van der Waals surface area contributed by atoms with Crippen molar-refractivity contribution in [2.24, 2.45) is 17.6 Å². The number of hydrogen-bond donors (Lipinski definition) is 1. The highest BCUT2D eigenvalue weighted by Gasteiger charge is 2.44. The summed E-state index contributed by atoms with van der Waals surface area (Å²) in [4.78, 5) is 32.3. The van der Waals surface area contributed by atoms with E-state index in [1.165, 1.54) is 6.07 Å². The van der Waals surface area contributed by atoms with E-state index in [9.17, 15) is 22.8 Å². The number of piperidine rings is 1. The second-order valence-corrected chi connectivity index (χ2v) is 13.0. The summed E-state index contributed by atoms with van der Waals surface area (Å²) < 4.78 is 52.3. The number of nitrogens with zero attached hydrogens (tertiary/aromatic N) is 3. The number of amides is 2. The van der Waals surface area contributed by atoms with Gasteiger partial charge in [0.25, 0.3) is 0 Å². The van der Waals surface area contributed by atoms with E-state index in [1.807, 2.05) is 21.9 Å². The van der Waals surface area contributed by atoms with E-state index < -0.39 is 11.7 Å². The molecule has 2 aromatic carbocycles. The topological polar surface area (TPSA) is 88.3 Å². The number of carbonyl (C=O) groups excluding carboxylic acids is 2. The van der Waals surface area contributed by atoms with Gasteiger partial charge in [-0.15, -0.1) is 0 Å². The van der Waals surface area contributed by atoms with Crippen LogP contribution in [0.25, 0.3) is 0 Å². The van der Waals surface area contributed by atoms with E-state index in [1.54, 1.807) is 13.2 Å². The van der Waals surface area contributed by atoms with Gasteiger partial charge < -0.3 is 25.0 Å². The van der Waals surface area contributed by atoms with Gasteiger partial charge in [0.2, 0.25) is 11.8 Å². The minimum atomic E-state index is -4.47. The van der Waals surface area contributed by atoms with Crippen molar-refractivity contribution in [3.05, 3.63) is 59.2 Å². The summed E-state index contributed by atoms with van der Waals surface area (Å²) in [6, 6.07) is 12.4. The fourth-order valence-electron chi connectivity index (χ4n) is 7.81. The molecule has 4 saturated heterocycles. The molecule has 4 heterocycles. The van der Waals surface area contributed by atoms with Crippen molar-refractivity contribution in [1.29, 1.82) is 0 Å². The molecule has 0 radical (unpaired) electrons. The second-order valence-electron chi connectivity index (χ2n) is 13.0. The second kappa shape index (κ2) is 13.2. The summed E-state index contributed by atoms with van der Waals surface area (Å²) >= 11 is 0. The van der Waals surface area contributed by atoms with E-state index >= 15 is 0 Å². The average molecular weight is 629 g/mol. The number of alkyl halides is 3. The molecule has 3 atom stereocenters. The third-order valence-corrected chi connectivity index (χ3v) is 10.5. The highest BCUT2D eigenvalue weighted by molar-refractivity contribution is 5.81. The van der Waals surface area contributed by atoms with Gasteiger partial charge in [-0.2, -0.15) is 13.2 Å². The van der Waals surface area contributed by atoms with Gasteiger partial charge >= 0.3 is 6.18 Å². The Labute approximate surface area is 262 Å². The van der Waals surface area contributed by atoms with Crippen LogP contribution in [0.3, 0.4) is 0 Å². The van der Waals surface area contributed by atoms with Crippen LogP contribution in [-0.4, -0.2) is 87.2 Å². The van der Waals surface area contributed by atoms with Crippen molar-refractivity contribution in [3.8, 4) is 5.75 Å². The number of benzene rings is 2. The Morgan fingerprint density at radius 2 is 1.62 bits per heavy atom. The molecule has 0 spiro atoms. The highest BCUT2D eigenvalue weighted by atomic mass is 19.4. The fourth-order valence-corrected chi connectivity index (χ4v) is 7.81. The Hall–Kier alpha value is -3.31. The molecule has 0 bridgehead atoms. The van der Waals surface area contributed by atoms with Gasteiger partial charge in [-0.25, -0.2) is 0 Å². The molecule has 2 N–H and O–H groups in total. The maximum Gasteiger partial charge on any atom is 0.416 e. The summed E-state index contributed by atoms with van der Waals surface area (Å²) in [5.41, 5.74) is 7.32. The third kappa shape index (κ3) is 6.79. The third-order valence-electron chi connectivity index (χ3n) is 10.5. The van der Waals surface area contributed by atoms with Gasteiger partial charge in [-0.05, 0) is 67.5 Å². The van der Waals surface area contributed by atoms with E-state index in [0.717, 1.165) is 55.5 Å². The lowest BCUT2D eigenvalue weighted by Crippen LogP contribution is -2.40. The van der Waals surface area contributed by atoms with Crippen LogP contribution in [0.15, 0.2) is 42.5 Å². The van der Waals surface area contributed by atoms with E-state index in [4.69, 9.17) is 15.2 Å². The van der Waals surface area contributed by atoms with E-state index in [2.05, 4.69) is 17.0 Å². The van der Waals surface area contributed by atoms with Crippen LogP contribution in [0.2, 0.25) is 0 Å². The Morgan fingerprint density at radius 1 is 0.911 bits per heavy atom. The van der Waals surface area contributed by atoms with Gasteiger partial charge in [-0.1, -0.05) is 18.2 Å². The van der Waals surface area contributed by atoms with Crippen molar-refractivity contribution in [3.63, 3.8) is 0 Å². The molecular weight excluding hydrogens is 585 g/mol. The van der Waals surface area contributed by atoms with Crippen LogP contribution in [0.1, 0.15) is 60.6 Å². The lowest BCUT2D eigenvalue weighted by molar-refractivity contribution is -0.137. The smallest absolute Gasteiger partial charge is 0.416 e. The quantitative estimate of drug-likeness (QED) is 0.482. The van der Waals surface area contributed by atoms with Crippen molar-refractivity contribution >= 4 is 17.5 Å². The molecule has 0 aliphatic carbocycles. The summed E-state index contributed by atoms with van der Waals surface area (Å²) in [6.07, 6.45) is -0.848. The zero-order valence-corrected chi connectivity index (χ0v) is 25.8. The van der Waals surface area contributed by atoms with Gasteiger partial charge in [0.05, 0.1) is 18.6 Å². The van der Waals surface area contributed by atoms with Gasteiger partial charge in [0, 0.05) is 82.0 Å². The zero-order chi connectivity index (χ0) is 31.7. The largest absolute Gasteiger partial charge is 0.497 e. The number of halogens is 3. The monoisotopic (exact) mass is 628 g/mol. The summed E-state index contributed by atoms with van der Waals surface area (Å²) in [5.74, 6) is 0.0176. The van der Waals surface area contributed by atoms with Crippen LogP contribution >= 0.6 is 0 Å². The van der Waals surface area contributed by atoms with E-state index in [0.29, 0.717) is 63.7 Å². The first-order valence-electron chi connectivity index (χ1n) is 16.1. The number of rotatable bonds is 7. The molecule has 11 heteroatoms. The molecule has 2 aromatic rings. The van der Waals surface area contributed by atoms with E-state index in [-0.39, 0.29) is 35.5 Å². The lowest BCUT2D eigenvalue weighted by atomic mass is 9.88.